The lowest BCUT2D eigenvalue weighted by molar-refractivity contribution is 0.191. The molecule has 0 unspecified atom stereocenters. The maximum Gasteiger partial charge on any atom is 0.0636 e. The van der Waals surface area contributed by atoms with Crippen LogP contribution in [-0.2, 0) is 6.42 Å². The Hall–Kier alpha value is -0.930. The zero-order valence-corrected chi connectivity index (χ0v) is 7.90. The first-order valence-corrected chi connectivity index (χ1v) is 4.57. The summed E-state index contributed by atoms with van der Waals surface area (Å²) >= 11 is 0. The Kier molecular flexibility index (Phi) is 4.43. The van der Waals surface area contributed by atoms with Gasteiger partial charge in [-0.1, -0.05) is 6.07 Å². The molecule has 0 amide bonds. The third kappa shape index (κ3) is 4.60. The summed E-state index contributed by atoms with van der Waals surface area (Å²) in [4.78, 5) is 4.19. The molecule has 0 aliphatic heterocycles. The van der Waals surface area contributed by atoms with E-state index in [0.29, 0.717) is 6.54 Å². The van der Waals surface area contributed by atoms with E-state index in [1.165, 1.54) is 0 Å². The van der Waals surface area contributed by atoms with Crippen LogP contribution in [0.25, 0.3) is 0 Å². The van der Waals surface area contributed by atoms with Gasteiger partial charge in [0.05, 0.1) is 6.10 Å². The maximum absolute atomic E-state index is 8.97. The molecule has 72 valence electrons. The third-order valence-electron chi connectivity index (χ3n) is 1.72. The smallest absolute Gasteiger partial charge is 0.0636 e. The molecule has 1 aromatic rings. The Bertz CT molecular complexity index is 224. The SMILES string of the molecule is C[C@H](O)CNCCc1ccccn1. The van der Waals surface area contributed by atoms with E-state index >= 15 is 0 Å². The van der Waals surface area contributed by atoms with Gasteiger partial charge in [-0.25, -0.2) is 0 Å². The molecule has 3 nitrogen and oxygen atoms in total. The fourth-order valence-electron chi connectivity index (χ4n) is 1.07. The van der Waals surface area contributed by atoms with Gasteiger partial charge in [-0.2, -0.15) is 0 Å². The zero-order valence-electron chi connectivity index (χ0n) is 7.90. The zero-order chi connectivity index (χ0) is 9.52. The van der Waals surface area contributed by atoms with Crippen LogP contribution >= 0.6 is 0 Å². The normalized spacial score (nSPS) is 12.8. The van der Waals surface area contributed by atoms with Crippen molar-refractivity contribution in [1.29, 1.82) is 0 Å². The lowest BCUT2D eigenvalue weighted by Crippen LogP contribution is -2.26. The van der Waals surface area contributed by atoms with Gasteiger partial charge in [0.2, 0.25) is 0 Å². The molecule has 0 aliphatic carbocycles. The largest absolute Gasteiger partial charge is 0.392 e. The average Bonchev–Trinajstić information content (AvgIpc) is 2.14. The molecular formula is C10H16N2O. The summed E-state index contributed by atoms with van der Waals surface area (Å²) < 4.78 is 0. The number of nitrogens with one attached hydrogen (secondary N) is 1. The molecule has 0 spiro atoms. The number of nitrogens with zero attached hydrogens (tertiary/aromatic N) is 1. The second-order valence-electron chi connectivity index (χ2n) is 3.12. The predicted octanol–water partition coefficient (Wildman–Crippen LogP) is 0.594. The second kappa shape index (κ2) is 5.67. The summed E-state index contributed by atoms with van der Waals surface area (Å²) in [5.41, 5.74) is 1.08. The van der Waals surface area contributed by atoms with Crippen LogP contribution in [0.5, 0.6) is 0 Å². The average molecular weight is 180 g/mol. The summed E-state index contributed by atoms with van der Waals surface area (Å²) in [7, 11) is 0. The van der Waals surface area contributed by atoms with Gasteiger partial charge in [0.25, 0.3) is 0 Å². The van der Waals surface area contributed by atoms with Gasteiger partial charge in [-0.15, -0.1) is 0 Å². The maximum atomic E-state index is 8.97. The highest BCUT2D eigenvalue weighted by Crippen LogP contribution is 1.92. The highest BCUT2D eigenvalue weighted by Gasteiger charge is 1.95. The molecule has 13 heavy (non-hydrogen) atoms. The minimum absolute atomic E-state index is 0.274. The van der Waals surface area contributed by atoms with Crippen LogP contribution < -0.4 is 5.32 Å². The van der Waals surface area contributed by atoms with E-state index in [1.807, 2.05) is 18.2 Å². The van der Waals surface area contributed by atoms with Crippen LogP contribution in [0.3, 0.4) is 0 Å². The van der Waals surface area contributed by atoms with Crippen LogP contribution in [-0.4, -0.2) is 29.3 Å². The van der Waals surface area contributed by atoms with Crippen molar-refractivity contribution in [2.45, 2.75) is 19.4 Å². The predicted molar refractivity (Wildman–Crippen MR) is 52.5 cm³/mol. The molecule has 0 bridgehead atoms. The van der Waals surface area contributed by atoms with Crippen molar-refractivity contribution in [3.05, 3.63) is 30.1 Å². The monoisotopic (exact) mass is 180 g/mol. The molecule has 0 saturated heterocycles. The summed E-state index contributed by atoms with van der Waals surface area (Å²) in [6.07, 6.45) is 2.43. The first-order valence-electron chi connectivity index (χ1n) is 4.57. The Morgan fingerprint density at radius 2 is 2.38 bits per heavy atom. The molecule has 0 saturated carbocycles. The van der Waals surface area contributed by atoms with E-state index in [0.717, 1.165) is 18.7 Å². The standard InChI is InChI=1S/C10H16N2O/c1-9(13)8-11-7-5-10-4-2-3-6-12-10/h2-4,6,9,11,13H,5,7-8H2,1H3/t9-/m0/s1. The van der Waals surface area contributed by atoms with Crippen molar-refractivity contribution in [3.63, 3.8) is 0 Å². The molecule has 1 rings (SSSR count). The minimum Gasteiger partial charge on any atom is -0.392 e. The van der Waals surface area contributed by atoms with Crippen molar-refractivity contribution >= 4 is 0 Å². The van der Waals surface area contributed by atoms with Gasteiger partial charge in [0.1, 0.15) is 0 Å². The summed E-state index contributed by atoms with van der Waals surface area (Å²) in [5.74, 6) is 0. The Balaban J connectivity index is 2.13. The van der Waals surface area contributed by atoms with E-state index in [9.17, 15) is 0 Å². The Labute approximate surface area is 78.8 Å². The Morgan fingerprint density at radius 3 is 3.00 bits per heavy atom. The molecule has 0 radical (unpaired) electrons. The summed E-state index contributed by atoms with van der Waals surface area (Å²) in [5, 5.41) is 12.1. The number of pyridine rings is 1. The molecule has 1 heterocycles. The van der Waals surface area contributed by atoms with Crippen molar-refractivity contribution in [2.24, 2.45) is 0 Å². The highest BCUT2D eigenvalue weighted by atomic mass is 16.3. The highest BCUT2D eigenvalue weighted by molar-refractivity contribution is 5.03. The van der Waals surface area contributed by atoms with Crippen LogP contribution in [0.2, 0.25) is 0 Å². The summed E-state index contributed by atoms with van der Waals surface area (Å²) in [6, 6.07) is 5.90. The molecule has 0 aromatic carbocycles. The van der Waals surface area contributed by atoms with Crippen molar-refractivity contribution in [1.82, 2.24) is 10.3 Å². The number of aliphatic hydroxyl groups is 1. The van der Waals surface area contributed by atoms with Crippen LogP contribution in [0.1, 0.15) is 12.6 Å². The van der Waals surface area contributed by atoms with Gasteiger partial charge in [-0.3, -0.25) is 4.98 Å². The number of aliphatic hydroxyl groups excluding tert-OH is 1. The summed E-state index contributed by atoms with van der Waals surface area (Å²) in [6.45, 7) is 3.28. The van der Waals surface area contributed by atoms with Gasteiger partial charge >= 0.3 is 0 Å². The van der Waals surface area contributed by atoms with E-state index in [2.05, 4.69) is 10.3 Å². The van der Waals surface area contributed by atoms with Gasteiger partial charge in [-0.05, 0) is 19.1 Å². The van der Waals surface area contributed by atoms with Crippen LogP contribution in [0, 0.1) is 0 Å². The van der Waals surface area contributed by atoms with Gasteiger partial charge in [0.15, 0.2) is 0 Å². The molecule has 0 aliphatic rings. The van der Waals surface area contributed by atoms with Crippen molar-refractivity contribution in [3.8, 4) is 0 Å². The lowest BCUT2D eigenvalue weighted by Gasteiger charge is -2.05. The van der Waals surface area contributed by atoms with Crippen LogP contribution in [0.4, 0.5) is 0 Å². The van der Waals surface area contributed by atoms with Gasteiger partial charge in [0, 0.05) is 31.4 Å². The lowest BCUT2D eigenvalue weighted by atomic mass is 10.2. The van der Waals surface area contributed by atoms with E-state index in [4.69, 9.17) is 5.11 Å². The fraction of sp³-hybridized carbons (Fsp3) is 0.500. The number of hydrogen-bond acceptors (Lipinski definition) is 3. The van der Waals surface area contributed by atoms with Crippen molar-refractivity contribution in [2.75, 3.05) is 13.1 Å². The molecule has 1 atom stereocenters. The molecule has 3 heteroatoms. The molecule has 1 aromatic heterocycles. The minimum atomic E-state index is -0.274. The van der Waals surface area contributed by atoms with Crippen LogP contribution in [0.15, 0.2) is 24.4 Å². The molecule has 2 N–H and O–H groups in total. The van der Waals surface area contributed by atoms with Crippen molar-refractivity contribution < 1.29 is 5.11 Å². The van der Waals surface area contributed by atoms with E-state index in [-0.39, 0.29) is 6.10 Å². The number of hydrogen-bond donors (Lipinski definition) is 2. The van der Waals surface area contributed by atoms with E-state index < -0.39 is 0 Å². The van der Waals surface area contributed by atoms with E-state index in [1.54, 1.807) is 13.1 Å². The quantitative estimate of drug-likeness (QED) is 0.652. The number of rotatable bonds is 5. The third-order valence-corrected chi connectivity index (χ3v) is 1.72. The number of aromatic nitrogens is 1. The first-order chi connectivity index (χ1) is 6.29. The first kappa shape index (κ1) is 10.2. The topological polar surface area (TPSA) is 45.1 Å². The fourth-order valence-corrected chi connectivity index (χ4v) is 1.07. The Morgan fingerprint density at radius 1 is 1.54 bits per heavy atom. The second-order valence-corrected chi connectivity index (χ2v) is 3.12. The molecular weight excluding hydrogens is 164 g/mol. The van der Waals surface area contributed by atoms with Gasteiger partial charge < -0.3 is 10.4 Å². The molecule has 0 fully saturated rings.